The zero-order valence-electron chi connectivity index (χ0n) is 16.7. The first-order valence-corrected chi connectivity index (χ1v) is 9.70. The van der Waals surface area contributed by atoms with E-state index in [2.05, 4.69) is 42.6 Å². The lowest BCUT2D eigenvalue weighted by Gasteiger charge is -2.08. The monoisotopic (exact) mass is 549 g/mol. The molecule has 2 heterocycles. The predicted octanol–water partition coefficient (Wildman–Crippen LogP) is -0.944. The van der Waals surface area contributed by atoms with Crippen LogP contribution in [0.4, 0.5) is 11.6 Å². The summed E-state index contributed by atoms with van der Waals surface area (Å²) < 4.78 is 4.24. The maximum atomic E-state index is 12.7. The number of halogens is 2. The number of nitrogens with zero attached hydrogens (tertiary/aromatic N) is 4. The number of aromatic nitrogens is 4. The Bertz CT molecular complexity index is 1240. The number of nitrogens with two attached hydrogens (primary N) is 2. The number of carbonyl (C=O) groups excluding carboxylic acids is 1. The molecule has 0 aliphatic rings. The van der Waals surface area contributed by atoms with Gasteiger partial charge >= 0.3 is 0 Å². The Kier molecular flexibility index (Phi) is 6.96. The first-order valence-electron chi connectivity index (χ1n) is 9.32. The highest BCUT2D eigenvalue weighted by Gasteiger charge is 2.24. The third-order valence-electron chi connectivity index (χ3n) is 4.94. The smallest absolute Gasteiger partial charge is 0.277 e. The van der Waals surface area contributed by atoms with E-state index in [0.717, 1.165) is 22.4 Å². The summed E-state index contributed by atoms with van der Waals surface area (Å²) in [5.41, 5.74) is 14.6. The van der Waals surface area contributed by atoms with Gasteiger partial charge in [-0.05, 0) is 17.7 Å². The minimum absolute atomic E-state index is 0. The molecule has 10 heteroatoms. The molecule has 1 amide bonds. The second kappa shape index (κ2) is 9.48. The number of aryl methyl sites for hydroxylation is 1. The molecular formula is C21H21ClIN7O. The summed E-state index contributed by atoms with van der Waals surface area (Å²) in [5.74, 6) is 0.364. The van der Waals surface area contributed by atoms with Crippen LogP contribution in [-0.2, 0) is 20.1 Å². The lowest BCUT2D eigenvalue weighted by Crippen LogP contribution is -3.00. The predicted molar refractivity (Wildman–Crippen MR) is 116 cm³/mol. The molecule has 31 heavy (non-hydrogen) atoms. The number of benzene rings is 2. The Morgan fingerprint density at radius 3 is 2.48 bits per heavy atom. The molecule has 5 N–H and O–H groups in total. The van der Waals surface area contributed by atoms with Gasteiger partial charge in [-0.25, -0.2) is 19.1 Å². The molecule has 0 saturated carbocycles. The molecule has 0 radical (unpaired) electrons. The van der Waals surface area contributed by atoms with Gasteiger partial charge in [0.15, 0.2) is 33.5 Å². The molecule has 0 aliphatic heterocycles. The van der Waals surface area contributed by atoms with Crippen LogP contribution in [0.5, 0.6) is 0 Å². The van der Waals surface area contributed by atoms with Crippen LogP contribution in [0.15, 0.2) is 54.6 Å². The SMILES string of the molecule is C[n+]1c(CNC(=O)c2nc(Cl)c(N)nc2N)n(Cc2ccccc2)c2ccccc21.[I-]. The van der Waals surface area contributed by atoms with Gasteiger partial charge in [-0.15, -0.1) is 0 Å². The van der Waals surface area contributed by atoms with Gasteiger partial charge < -0.3 is 40.8 Å². The highest BCUT2D eigenvalue weighted by Crippen LogP contribution is 2.19. The van der Waals surface area contributed by atoms with Crippen molar-refractivity contribution in [2.24, 2.45) is 7.05 Å². The summed E-state index contributed by atoms with van der Waals surface area (Å²) in [6.45, 7) is 0.934. The number of carbonyl (C=O) groups is 1. The van der Waals surface area contributed by atoms with Gasteiger partial charge in [0.25, 0.3) is 11.7 Å². The highest BCUT2D eigenvalue weighted by atomic mass is 127. The molecule has 2 aromatic heterocycles. The van der Waals surface area contributed by atoms with Gasteiger partial charge in [0.2, 0.25) is 0 Å². The van der Waals surface area contributed by atoms with Crippen LogP contribution in [0.1, 0.15) is 21.9 Å². The fourth-order valence-electron chi connectivity index (χ4n) is 3.44. The van der Waals surface area contributed by atoms with Crippen molar-refractivity contribution in [1.29, 1.82) is 0 Å². The van der Waals surface area contributed by atoms with Crippen LogP contribution in [-0.4, -0.2) is 20.4 Å². The Morgan fingerprint density at radius 2 is 1.74 bits per heavy atom. The molecule has 8 nitrogen and oxygen atoms in total. The van der Waals surface area contributed by atoms with E-state index in [1.165, 1.54) is 0 Å². The molecule has 0 bridgehead atoms. The number of rotatable bonds is 5. The topological polar surface area (TPSA) is 116 Å². The zero-order valence-corrected chi connectivity index (χ0v) is 19.6. The van der Waals surface area contributed by atoms with E-state index in [9.17, 15) is 4.79 Å². The fraction of sp³-hybridized carbons (Fsp3) is 0.143. The second-order valence-corrected chi connectivity index (χ2v) is 7.21. The number of hydrogen-bond acceptors (Lipinski definition) is 5. The Labute approximate surface area is 201 Å². The van der Waals surface area contributed by atoms with Crippen molar-refractivity contribution in [2.45, 2.75) is 13.1 Å². The summed E-state index contributed by atoms with van der Waals surface area (Å²) in [6, 6.07) is 18.2. The van der Waals surface area contributed by atoms with E-state index in [4.69, 9.17) is 23.1 Å². The van der Waals surface area contributed by atoms with Gasteiger partial charge in [0.05, 0.1) is 7.05 Å². The van der Waals surface area contributed by atoms with Crippen LogP contribution in [0, 0.1) is 0 Å². The number of para-hydroxylation sites is 2. The quantitative estimate of drug-likeness (QED) is 0.220. The van der Waals surface area contributed by atoms with Crippen LogP contribution in [0.25, 0.3) is 11.0 Å². The molecular weight excluding hydrogens is 529 g/mol. The number of fused-ring (bicyclic) bond motifs is 1. The standard InChI is InChI=1S/C21H20ClN7O.HI/c1-28-14-9-5-6-10-15(14)29(12-13-7-3-2-4-8-13)16(28)11-25-21(30)17-19(23)27-20(24)18(22)26-17;/h2-10H,11-12H2,1H3,(H4-,23,24,25,27,30);1H. The number of hydrogen-bond donors (Lipinski definition) is 3. The summed E-state index contributed by atoms with van der Waals surface area (Å²) in [7, 11) is 1.97. The summed E-state index contributed by atoms with van der Waals surface area (Å²) >= 11 is 5.90. The van der Waals surface area contributed by atoms with Crippen molar-refractivity contribution in [3.8, 4) is 0 Å². The van der Waals surface area contributed by atoms with E-state index in [1.54, 1.807) is 0 Å². The molecule has 0 fully saturated rings. The normalized spacial score (nSPS) is 10.6. The molecule has 0 atom stereocenters. The van der Waals surface area contributed by atoms with E-state index in [1.807, 2.05) is 43.4 Å². The number of nitrogen functional groups attached to an aromatic ring is 2. The molecule has 2 aromatic carbocycles. The van der Waals surface area contributed by atoms with Crippen LogP contribution in [0.3, 0.4) is 0 Å². The molecule has 0 saturated heterocycles. The Hall–Kier alpha value is -2.92. The number of anilines is 2. The summed E-state index contributed by atoms with van der Waals surface area (Å²) in [5, 5.41) is 2.81. The largest absolute Gasteiger partial charge is 1.00 e. The number of nitrogens with one attached hydrogen (secondary N) is 1. The van der Waals surface area contributed by atoms with Crippen LogP contribution in [0.2, 0.25) is 5.15 Å². The minimum atomic E-state index is -0.474. The average molecular weight is 550 g/mol. The third-order valence-corrected chi connectivity index (χ3v) is 5.22. The first-order chi connectivity index (χ1) is 14.5. The summed E-state index contributed by atoms with van der Waals surface area (Å²) in [6.07, 6.45) is 0. The average Bonchev–Trinajstić information content (AvgIpc) is 3.01. The first kappa shape index (κ1) is 22.8. The fourth-order valence-corrected chi connectivity index (χ4v) is 3.57. The van der Waals surface area contributed by atoms with Crippen LogP contribution < -0.4 is 45.3 Å². The Morgan fingerprint density at radius 1 is 1.06 bits per heavy atom. The lowest BCUT2D eigenvalue weighted by molar-refractivity contribution is -0.654. The van der Waals surface area contributed by atoms with Crippen molar-refractivity contribution in [2.75, 3.05) is 11.5 Å². The molecule has 4 aromatic rings. The van der Waals surface area contributed by atoms with Gasteiger partial charge in [0.1, 0.15) is 13.1 Å². The molecule has 0 aliphatic carbocycles. The third kappa shape index (κ3) is 4.57. The van der Waals surface area contributed by atoms with Crippen molar-refractivity contribution >= 4 is 40.2 Å². The van der Waals surface area contributed by atoms with Gasteiger partial charge in [0, 0.05) is 0 Å². The van der Waals surface area contributed by atoms with Crippen molar-refractivity contribution in [3.63, 3.8) is 0 Å². The lowest BCUT2D eigenvalue weighted by atomic mass is 10.2. The molecule has 0 spiro atoms. The van der Waals surface area contributed by atoms with Crippen molar-refractivity contribution in [1.82, 2.24) is 19.9 Å². The van der Waals surface area contributed by atoms with Crippen LogP contribution >= 0.6 is 11.6 Å². The minimum Gasteiger partial charge on any atom is -1.00 e. The summed E-state index contributed by atoms with van der Waals surface area (Å²) in [4.78, 5) is 20.5. The molecule has 4 rings (SSSR count). The molecule has 0 unspecified atom stereocenters. The van der Waals surface area contributed by atoms with E-state index in [-0.39, 0.29) is 53.0 Å². The van der Waals surface area contributed by atoms with Crippen molar-refractivity contribution < 1.29 is 33.3 Å². The van der Waals surface area contributed by atoms with E-state index < -0.39 is 5.91 Å². The van der Waals surface area contributed by atoms with Gasteiger partial charge in [-0.1, -0.05) is 54.1 Å². The van der Waals surface area contributed by atoms with E-state index >= 15 is 0 Å². The second-order valence-electron chi connectivity index (χ2n) is 6.85. The molecule has 160 valence electrons. The number of amides is 1. The zero-order chi connectivity index (χ0) is 21.3. The van der Waals surface area contributed by atoms with Gasteiger partial charge in [-0.2, -0.15) is 0 Å². The number of imidazole rings is 1. The maximum Gasteiger partial charge on any atom is 0.277 e. The van der Waals surface area contributed by atoms with Gasteiger partial charge in [-0.3, -0.25) is 4.79 Å². The highest BCUT2D eigenvalue weighted by molar-refractivity contribution is 6.31. The maximum absolute atomic E-state index is 12.7. The van der Waals surface area contributed by atoms with E-state index in [0.29, 0.717) is 6.54 Å². The Balaban J connectivity index is 0.00000272. The van der Waals surface area contributed by atoms with Crippen molar-refractivity contribution in [3.05, 3.63) is 76.8 Å².